The predicted molar refractivity (Wildman–Crippen MR) is 29.4 cm³/mol. The lowest BCUT2D eigenvalue weighted by atomic mass is 10.5. The van der Waals surface area contributed by atoms with Gasteiger partial charge in [0.15, 0.2) is 6.34 Å². The third kappa shape index (κ3) is 1.12. The zero-order valence-electron chi connectivity index (χ0n) is 4.39. The molecule has 1 atom stereocenters. The molecular formula is C5H9N2+. The molecule has 0 amide bonds. The van der Waals surface area contributed by atoms with Gasteiger partial charge in [-0.15, -0.1) is 0 Å². The molecule has 2 nitrogen and oxygen atoms in total. The fraction of sp³-hybridized carbons (Fsp3) is 0.400. The maximum absolute atomic E-state index is 3.92. The monoisotopic (exact) mass is 97.1 g/mol. The Bertz CT molecular complexity index is 105. The summed E-state index contributed by atoms with van der Waals surface area (Å²) in [6, 6.07) is 0. The van der Waals surface area contributed by atoms with Gasteiger partial charge in [0.25, 0.3) is 0 Å². The van der Waals surface area contributed by atoms with E-state index in [1.54, 1.807) is 0 Å². The van der Waals surface area contributed by atoms with Crippen molar-refractivity contribution in [3.63, 3.8) is 0 Å². The van der Waals surface area contributed by atoms with Crippen LogP contribution >= 0.6 is 0 Å². The number of hydrogen-bond acceptors (Lipinski definition) is 1. The highest BCUT2D eigenvalue weighted by molar-refractivity contribution is 5.45. The summed E-state index contributed by atoms with van der Waals surface area (Å²) in [7, 11) is 2.08. The van der Waals surface area contributed by atoms with Gasteiger partial charge in [0.1, 0.15) is 6.54 Å². The molecule has 0 fully saturated rings. The van der Waals surface area contributed by atoms with Gasteiger partial charge in [-0.05, 0) is 6.08 Å². The van der Waals surface area contributed by atoms with Gasteiger partial charge in [-0.25, -0.2) is 4.99 Å². The van der Waals surface area contributed by atoms with Gasteiger partial charge >= 0.3 is 0 Å². The van der Waals surface area contributed by atoms with Gasteiger partial charge in [-0.1, -0.05) is 0 Å². The Kier molecular flexibility index (Phi) is 1.22. The number of nitrogens with one attached hydrogen (secondary N) is 1. The van der Waals surface area contributed by atoms with Crippen LogP contribution in [0.5, 0.6) is 0 Å². The zero-order chi connectivity index (χ0) is 5.11. The maximum atomic E-state index is 3.92. The van der Waals surface area contributed by atoms with E-state index in [0.717, 1.165) is 6.54 Å². The Morgan fingerprint density at radius 2 is 2.57 bits per heavy atom. The molecule has 0 radical (unpaired) electrons. The molecule has 1 N–H and O–H groups in total. The highest BCUT2D eigenvalue weighted by atomic mass is 15.1. The average molecular weight is 97.1 g/mol. The second kappa shape index (κ2) is 1.89. The van der Waals surface area contributed by atoms with Crippen LogP contribution in [0, 0.1) is 0 Å². The third-order valence-electron chi connectivity index (χ3n) is 0.926. The second-order valence-electron chi connectivity index (χ2n) is 1.71. The van der Waals surface area contributed by atoms with E-state index in [1.165, 1.54) is 4.90 Å². The quantitative estimate of drug-likeness (QED) is 0.401. The Morgan fingerprint density at radius 1 is 1.71 bits per heavy atom. The number of nitrogens with zero attached hydrogens (tertiary/aromatic N) is 1. The van der Waals surface area contributed by atoms with Gasteiger partial charge in [-0.2, -0.15) is 0 Å². The fourth-order valence-electron chi connectivity index (χ4n) is 0.522. The molecule has 2 heteroatoms. The van der Waals surface area contributed by atoms with Crippen LogP contribution in [0.15, 0.2) is 17.3 Å². The minimum atomic E-state index is 1.07. The molecule has 0 spiro atoms. The number of aliphatic imine (C=N–C) groups is 1. The first-order valence-corrected chi connectivity index (χ1v) is 2.40. The summed E-state index contributed by atoms with van der Waals surface area (Å²) < 4.78 is 0. The average Bonchev–Trinajstić information content (AvgIpc) is 1.69. The van der Waals surface area contributed by atoms with Gasteiger partial charge in [0, 0.05) is 6.20 Å². The normalized spacial score (nSPS) is 28.4. The van der Waals surface area contributed by atoms with Crippen molar-refractivity contribution < 1.29 is 4.90 Å². The van der Waals surface area contributed by atoms with Crippen molar-refractivity contribution in [1.82, 2.24) is 0 Å². The van der Waals surface area contributed by atoms with Gasteiger partial charge in [-0.3, -0.25) is 4.90 Å². The molecule has 1 aliphatic heterocycles. The molecule has 1 rings (SSSR count). The van der Waals surface area contributed by atoms with Crippen molar-refractivity contribution in [2.24, 2.45) is 4.99 Å². The predicted octanol–water partition coefficient (Wildman–Crippen LogP) is -0.943. The van der Waals surface area contributed by atoms with Crippen LogP contribution in [0.4, 0.5) is 0 Å². The van der Waals surface area contributed by atoms with Crippen molar-refractivity contribution in [2.75, 3.05) is 13.6 Å². The Balaban J connectivity index is 2.49. The van der Waals surface area contributed by atoms with Gasteiger partial charge < -0.3 is 0 Å². The van der Waals surface area contributed by atoms with E-state index < -0.39 is 0 Å². The SMILES string of the molecule is C[NH+]1C=NC=CC1. The van der Waals surface area contributed by atoms with Crippen LogP contribution < -0.4 is 4.90 Å². The standard InChI is InChI=1S/C5H8N2/c1-7-4-2-3-6-5-7/h2-3,5H,4H2,1H3/p+1. The molecule has 1 unspecified atom stereocenters. The van der Waals surface area contributed by atoms with E-state index in [2.05, 4.69) is 18.1 Å². The molecule has 0 aromatic rings. The highest BCUT2D eigenvalue weighted by Crippen LogP contribution is 1.70. The largest absolute Gasteiger partial charge is 0.292 e. The minimum absolute atomic E-state index is 1.07. The number of rotatable bonds is 0. The zero-order valence-corrected chi connectivity index (χ0v) is 4.39. The molecule has 0 aromatic heterocycles. The molecule has 1 heterocycles. The summed E-state index contributed by atoms with van der Waals surface area (Å²) in [4.78, 5) is 5.25. The first-order valence-electron chi connectivity index (χ1n) is 2.40. The van der Waals surface area contributed by atoms with Crippen LogP contribution in [0.2, 0.25) is 0 Å². The molecule has 0 saturated heterocycles. The summed E-state index contributed by atoms with van der Waals surface area (Å²) in [5, 5.41) is 0. The Hall–Kier alpha value is -0.630. The second-order valence-corrected chi connectivity index (χ2v) is 1.71. The molecule has 7 heavy (non-hydrogen) atoms. The van der Waals surface area contributed by atoms with Gasteiger partial charge in [0.2, 0.25) is 0 Å². The van der Waals surface area contributed by atoms with Gasteiger partial charge in [0.05, 0.1) is 7.05 Å². The lowest BCUT2D eigenvalue weighted by Crippen LogP contribution is -3.08. The van der Waals surface area contributed by atoms with Crippen LogP contribution in [-0.2, 0) is 0 Å². The summed E-state index contributed by atoms with van der Waals surface area (Å²) >= 11 is 0. The summed E-state index contributed by atoms with van der Waals surface area (Å²) in [6.45, 7) is 1.07. The van der Waals surface area contributed by atoms with E-state index in [4.69, 9.17) is 0 Å². The number of hydrogen-bond donors (Lipinski definition) is 1. The van der Waals surface area contributed by atoms with Crippen LogP contribution in [-0.4, -0.2) is 19.9 Å². The smallest absolute Gasteiger partial charge is 0.188 e. The minimum Gasteiger partial charge on any atom is -0.292 e. The lowest BCUT2D eigenvalue weighted by Gasteiger charge is -2.04. The van der Waals surface area contributed by atoms with E-state index >= 15 is 0 Å². The molecule has 0 saturated carbocycles. The van der Waals surface area contributed by atoms with Crippen molar-refractivity contribution in [1.29, 1.82) is 0 Å². The summed E-state index contributed by atoms with van der Waals surface area (Å²) in [5.74, 6) is 0. The third-order valence-corrected chi connectivity index (χ3v) is 0.926. The molecule has 38 valence electrons. The van der Waals surface area contributed by atoms with Crippen molar-refractivity contribution in [3.05, 3.63) is 12.3 Å². The Labute approximate surface area is 43.2 Å². The summed E-state index contributed by atoms with van der Waals surface area (Å²) in [5.41, 5.74) is 0. The van der Waals surface area contributed by atoms with E-state index in [-0.39, 0.29) is 0 Å². The highest BCUT2D eigenvalue weighted by Gasteiger charge is 1.93. The molecule has 0 bridgehead atoms. The van der Waals surface area contributed by atoms with E-state index in [9.17, 15) is 0 Å². The topological polar surface area (TPSA) is 16.8 Å². The molecule has 0 aromatic carbocycles. The molecule has 0 aliphatic carbocycles. The lowest BCUT2D eigenvalue weighted by molar-refractivity contribution is -0.768. The van der Waals surface area contributed by atoms with Crippen LogP contribution in [0.25, 0.3) is 0 Å². The molecular weight excluding hydrogens is 88.1 g/mol. The first-order chi connectivity index (χ1) is 3.39. The van der Waals surface area contributed by atoms with Crippen LogP contribution in [0.3, 0.4) is 0 Å². The van der Waals surface area contributed by atoms with E-state index in [0.29, 0.717) is 0 Å². The number of likely N-dealkylation sites (N-methyl/N-ethyl adjacent to an activating group) is 1. The number of quaternary nitrogens is 1. The van der Waals surface area contributed by atoms with Crippen molar-refractivity contribution in [2.45, 2.75) is 0 Å². The fourth-order valence-corrected chi connectivity index (χ4v) is 0.522. The maximum Gasteiger partial charge on any atom is 0.188 e. The Morgan fingerprint density at radius 3 is 2.86 bits per heavy atom. The van der Waals surface area contributed by atoms with Crippen LogP contribution in [0.1, 0.15) is 0 Å². The van der Waals surface area contributed by atoms with Crippen molar-refractivity contribution >= 4 is 6.34 Å². The van der Waals surface area contributed by atoms with E-state index in [1.807, 2.05) is 12.5 Å². The van der Waals surface area contributed by atoms with Crippen molar-refractivity contribution in [3.8, 4) is 0 Å². The molecule has 1 aliphatic rings. The summed E-state index contributed by atoms with van der Waals surface area (Å²) in [6.07, 6.45) is 5.77. The first kappa shape index (κ1) is 4.53.